The predicted molar refractivity (Wildman–Crippen MR) is 142 cm³/mol. The summed E-state index contributed by atoms with van der Waals surface area (Å²) in [5.74, 6) is 4.59. The summed E-state index contributed by atoms with van der Waals surface area (Å²) in [5, 5.41) is 0. The lowest BCUT2D eigenvalue weighted by Gasteiger charge is -2.58. The topological polar surface area (TPSA) is 0 Å². The third-order valence-corrected chi connectivity index (χ3v) is 10.9. The molecule has 3 saturated carbocycles. The minimum Gasteiger partial charge on any atom is -0.0853 e. The molecular weight excluding hydrogens is 475 g/mol. The van der Waals surface area contributed by atoms with Crippen LogP contribution in [0.5, 0.6) is 0 Å². The molecular formula is C29H49I. The van der Waals surface area contributed by atoms with Crippen LogP contribution >= 0.6 is 22.6 Å². The van der Waals surface area contributed by atoms with Crippen molar-refractivity contribution in [2.24, 2.45) is 40.4 Å². The van der Waals surface area contributed by atoms with E-state index in [1.807, 2.05) is 19.4 Å². The standard InChI is InChI=1S/C27H43I.C2H6/c1-18(2)7-6-8-19(3)23-11-12-24-22-10-9-20-17-21(28)13-15-26(20,4)25(22)14-16-27(23,24)5;1-2/h8-9,18,21-25H,6-7,10-17H2,1-5H3;1-2H3/b19-8+;. The van der Waals surface area contributed by atoms with Gasteiger partial charge in [-0.2, -0.15) is 0 Å². The smallest absolute Gasteiger partial charge is 0.0147 e. The van der Waals surface area contributed by atoms with Crippen LogP contribution in [0.15, 0.2) is 23.3 Å². The Bertz CT molecular complexity index is 643. The van der Waals surface area contributed by atoms with Gasteiger partial charge in [0.15, 0.2) is 0 Å². The van der Waals surface area contributed by atoms with Gasteiger partial charge in [-0.25, -0.2) is 0 Å². The second-order valence-corrected chi connectivity index (χ2v) is 13.5. The summed E-state index contributed by atoms with van der Waals surface area (Å²) in [4.78, 5) is 0. The Morgan fingerprint density at radius 1 is 1.10 bits per heavy atom. The minimum atomic E-state index is 0.534. The minimum absolute atomic E-state index is 0.534. The zero-order chi connectivity index (χ0) is 22.1. The molecule has 0 aromatic heterocycles. The molecule has 0 bridgehead atoms. The van der Waals surface area contributed by atoms with Crippen LogP contribution in [0.25, 0.3) is 0 Å². The monoisotopic (exact) mass is 524 g/mol. The molecule has 0 nitrogen and oxygen atoms in total. The lowest BCUT2D eigenvalue weighted by Crippen LogP contribution is -2.50. The highest BCUT2D eigenvalue weighted by molar-refractivity contribution is 14.1. The first-order chi connectivity index (χ1) is 14.3. The van der Waals surface area contributed by atoms with Crippen molar-refractivity contribution in [1.29, 1.82) is 0 Å². The zero-order valence-electron chi connectivity index (χ0n) is 21.1. The maximum atomic E-state index is 2.73. The Kier molecular flexibility index (Phi) is 8.28. The Labute approximate surface area is 202 Å². The van der Waals surface area contributed by atoms with E-state index in [1.165, 1.54) is 64.2 Å². The normalized spacial score (nSPS) is 43.2. The first-order valence-corrected chi connectivity index (χ1v) is 14.5. The summed E-state index contributed by atoms with van der Waals surface area (Å²) in [6, 6.07) is 0. The van der Waals surface area contributed by atoms with Crippen LogP contribution < -0.4 is 0 Å². The van der Waals surface area contributed by atoms with Crippen molar-refractivity contribution in [3.8, 4) is 0 Å². The predicted octanol–water partition coefficient (Wildman–Crippen LogP) is 9.78. The van der Waals surface area contributed by atoms with Gasteiger partial charge in [-0.3, -0.25) is 0 Å². The van der Waals surface area contributed by atoms with Gasteiger partial charge in [-0.05, 0) is 112 Å². The van der Waals surface area contributed by atoms with E-state index >= 15 is 0 Å². The van der Waals surface area contributed by atoms with Gasteiger partial charge in [0.05, 0.1) is 0 Å². The summed E-state index contributed by atoms with van der Waals surface area (Å²) >= 11 is 2.70. The average Bonchev–Trinajstić information content (AvgIpc) is 3.07. The highest BCUT2D eigenvalue weighted by Crippen LogP contribution is 2.67. The van der Waals surface area contributed by atoms with E-state index in [0.717, 1.165) is 33.5 Å². The van der Waals surface area contributed by atoms with Crippen LogP contribution in [0, 0.1) is 40.4 Å². The molecule has 0 aromatic carbocycles. The van der Waals surface area contributed by atoms with E-state index in [-0.39, 0.29) is 0 Å². The van der Waals surface area contributed by atoms with Crippen LogP contribution in [0.2, 0.25) is 0 Å². The Morgan fingerprint density at radius 3 is 2.53 bits per heavy atom. The summed E-state index contributed by atoms with van der Waals surface area (Å²) in [5.41, 5.74) is 4.68. The Hall–Kier alpha value is 0.210. The molecule has 0 N–H and O–H groups in total. The lowest BCUT2D eigenvalue weighted by molar-refractivity contribution is -0.0354. The third-order valence-electron chi connectivity index (χ3n) is 9.80. The van der Waals surface area contributed by atoms with Gasteiger partial charge in [0.25, 0.3) is 0 Å². The van der Waals surface area contributed by atoms with Crippen molar-refractivity contribution in [2.45, 2.75) is 117 Å². The van der Waals surface area contributed by atoms with Gasteiger partial charge in [0, 0.05) is 3.92 Å². The fourth-order valence-electron chi connectivity index (χ4n) is 8.15. The number of rotatable bonds is 4. The molecule has 3 fully saturated rings. The second-order valence-electron chi connectivity index (χ2n) is 11.7. The number of fused-ring (bicyclic) bond motifs is 5. The SMILES string of the molecule is C/C(=C\CCC(C)C)C1CCC2C3CC=C4CC(I)CCC4(C)C3CCC12C.CC. The maximum absolute atomic E-state index is 2.73. The molecule has 0 spiro atoms. The van der Waals surface area contributed by atoms with E-state index in [1.54, 1.807) is 5.57 Å². The van der Waals surface area contributed by atoms with Crippen LogP contribution in [0.4, 0.5) is 0 Å². The van der Waals surface area contributed by atoms with Crippen LogP contribution in [-0.2, 0) is 0 Å². The molecule has 172 valence electrons. The van der Waals surface area contributed by atoms with Crippen molar-refractivity contribution in [1.82, 2.24) is 0 Å². The molecule has 0 heterocycles. The molecule has 4 aliphatic rings. The number of allylic oxidation sites excluding steroid dienone is 4. The first kappa shape index (κ1) is 24.8. The number of alkyl halides is 1. The van der Waals surface area contributed by atoms with Gasteiger partial charge in [-0.15, -0.1) is 0 Å². The van der Waals surface area contributed by atoms with E-state index in [4.69, 9.17) is 0 Å². The first-order valence-electron chi connectivity index (χ1n) is 13.3. The van der Waals surface area contributed by atoms with Crippen LogP contribution in [-0.4, -0.2) is 3.92 Å². The number of halogens is 1. The lowest BCUT2D eigenvalue weighted by atomic mass is 9.47. The van der Waals surface area contributed by atoms with Crippen LogP contribution in [0.3, 0.4) is 0 Å². The molecule has 0 aliphatic heterocycles. The summed E-state index contributed by atoms with van der Waals surface area (Å²) in [7, 11) is 0. The van der Waals surface area contributed by atoms with Crippen LogP contribution in [0.1, 0.15) is 113 Å². The van der Waals surface area contributed by atoms with Crippen molar-refractivity contribution < 1.29 is 0 Å². The maximum Gasteiger partial charge on any atom is 0.0147 e. The van der Waals surface area contributed by atoms with Crippen molar-refractivity contribution in [3.63, 3.8) is 0 Å². The Morgan fingerprint density at radius 2 is 1.83 bits per heavy atom. The second kappa shape index (κ2) is 10.0. The zero-order valence-corrected chi connectivity index (χ0v) is 23.2. The molecule has 7 unspecified atom stereocenters. The third kappa shape index (κ3) is 4.49. The largest absolute Gasteiger partial charge is 0.0853 e. The summed E-state index contributed by atoms with van der Waals surface area (Å²) < 4.78 is 0.886. The van der Waals surface area contributed by atoms with E-state index in [0.29, 0.717) is 10.8 Å². The highest BCUT2D eigenvalue weighted by Gasteiger charge is 2.58. The molecule has 30 heavy (non-hydrogen) atoms. The number of hydrogen-bond donors (Lipinski definition) is 0. The molecule has 0 amide bonds. The van der Waals surface area contributed by atoms with E-state index < -0.39 is 0 Å². The average molecular weight is 525 g/mol. The van der Waals surface area contributed by atoms with Gasteiger partial charge < -0.3 is 0 Å². The fourth-order valence-corrected chi connectivity index (χ4v) is 8.94. The highest BCUT2D eigenvalue weighted by atomic mass is 127. The van der Waals surface area contributed by atoms with Gasteiger partial charge in [-0.1, -0.05) is 87.4 Å². The molecule has 1 heteroatoms. The number of hydrogen-bond acceptors (Lipinski definition) is 0. The van der Waals surface area contributed by atoms with Gasteiger partial charge in [0.1, 0.15) is 0 Å². The molecule has 7 atom stereocenters. The quantitative estimate of drug-likeness (QED) is 0.195. The van der Waals surface area contributed by atoms with E-state index in [9.17, 15) is 0 Å². The molecule has 4 rings (SSSR count). The molecule has 0 radical (unpaired) electrons. The van der Waals surface area contributed by atoms with Crippen molar-refractivity contribution in [3.05, 3.63) is 23.3 Å². The van der Waals surface area contributed by atoms with Gasteiger partial charge in [0.2, 0.25) is 0 Å². The van der Waals surface area contributed by atoms with E-state index in [2.05, 4.69) is 69.4 Å². The van der Waals surface area contributed by atoms with Crippen molar-refractivity contribution >= 4 is 22.6 Å². The summed E-state index contributed by atoms with van der Waals surface area (Å²) in [6.07, 6.45) is 19.6. The Balaban J connectivity index is 0.00000124. The summed E-state index contributed by atoms with van der Waals surface area (Å²) in [6.45, 7) is 16.5. The molecule has 0 saturated heterocycles. The fraction of sp³-hybridized carbons (Fsp3) is 0.862. The van der Waals surface area contributed by atoms with Crippen molar-refractivity contribution in [2.75, 3.05) is 0 Å². The molecule has 0 aromatic rings. The van der Waals surface area contributed by atoms with Gasteiger partial charge >= 0.3 is 0 Å². The molecule has 4 aliphatic carbocycles.